The van der Waals surface area contributed by atoms with Gasteiger partial charge in [0.05, 0.1) is 6.10 Å². The first-order valence-electron chi connectivity index (χ1n) is 8.49. The van der Waals surface area contributed by atoms with Gasteiger partial charge in [-0.3, -0.25) is 4.79 Å². The molecule has 1 amide bonds. The predicted molar refractivity (Wildman–Crippen MR) is 101 cm³/mol. The quantitative estimate of drug-likeness (QED) is 0.755. The monoisotopic (exact) mass is 394 g/mol. The van der Waals surface area contributed by atoms with E-state index < -0.39 is 10.0 Å². The summed E-state index contributed by atoms with van der Waals surface area (Å²) in [5, 5.41) is 2.87. The highest BCUT2D eigenvalue weighted by atomic mass is 32.2. The molecule has 0 radical (unpaired) electrons. The third-order valence-corrected chi connectivity index (χ3v) is 7.04. The summed E-state index contributed by atoms with van der Waals surface area (Å²) in [4.78, 5) is 13.2. The fraction of sp³-hybridized carbons (Fsp3) is 0.389. The molecule has 1 aliphatic heterocycles. The molecule has 6 nitrogen and oxygen atoms in total. The van der Waals surface area contributed by atoms with Crippen LogP contribution in [0, 0.1) is 6.92 Å². The zero-order chi connectivity index (χ0) is 18.6. The molecule has 0 bridgehead atoms. The predicted octanol–water partition coefficient (Wildman–Crippen LogP) is 2.44. The van der Waals surface area contributed by atoms with Gasteiger partial charge in [-0.05, 0) is 49.6 Å². The first kappa shape index (κ1) is 19.0. The second kappa shape index (κ2) is 8.30. The molecular weight excluding hydrogens is 372 g/mol. The standard InChI is InChI=1S/C18H22N2O4S2/c1-13-7-8-17(25-13)26(22,23)20-11-14-4-2-5-15(10-14)18(21)19-12-16-6-3-9-24-16/h2,4-5,7-8,10,16,20H,3,6,9,11-12H2,1H3,(H,19,21). The highest BCUT2D eigenvalue weighted by Gasteiger charge is 2.18. The van der Waals surface area contributed by atoms with Gasteiger partial charge in [-0.1, -0.05) is 12.1 Å². The summed E-state index contributed by atoms with van der Waals surface area (Å²) in [5.41, 5.74) is 1.23. The van der Waals surface area contributed by atoms with Crippen LogP contribution >= 0.6 is 11.3 Å². The molecule has 1 aromatic heterocycles. The van der Waals surface area contributed by atoms with Gasteiger partial charge in [0.2, 0.25) is 10.0 Å². The number of rotatable bonds is 7. The molecule has 2 heterocycles. The second-order valence-corrected chi connectivity index (χ2v) is 9.52. The Bertz CT molecular complexity index is 871. The lowest BCUT2D eigenvalue weighted by Crippen LogP contribution is -2.31. The van der Waals surface area contributed by atoms with Crippen LogP contribution < -0.4 is 10.0 Å². The summed E-state index contributed by atoms with van der Waals surface area (Å²) in [6.45, 7) is 3.24. The lowest BCUT2D eigenvalue weighted by molar-refractivity contribution is 0.0857. The Balaban J connectivity index is 1.59. The summed E-state index contributed by atoms with van der Waals surface area (Å²) < 4.78 is 32.9. The summed E-state index contributed by atoms with van der Waals surface area (Å²) in [7, 11) is -3.54. The fourth-order valence-electron chi connectivity index (χ4n) is 2.74. The topological polar surface area (TPSA) is 84.5 Å². The number of nitrogens with one attached hydrogen (secondary N) is 2. The number of thiophene rings is 1. The van der Waals surface area contributed by atoms with Crippen molar-refractivity contribution in [3.05, 3.63) is 52.4 Å². The first-order chi connectivity index (χ1) is 12.4. The summed E-state index contributed by atoms with van der Waals surface area (Å²) in [5.74, 6) is -0.181. The molecule has 3 rings (SSSR count). The van der Waals surface area contributed by atoms with Crippen molar-refractivity contribution in [1.29, 1.82) is 0 Å². The van der Waals surface area contributed by atoms with E-state index in [9.17, 15) is 13.2 Å². The molecule has 0 aliphatic carbocycles. The molecule has 26 heavy (non-hydrogen) atoms. The first-order valence-corrected chi connectivity index (χ1v) is 10.8. The fourth-order valence-corrected chi connectivity index (χ4v) is 5.09. The maximum Gasteiger partial charge on any atom is 0.251 e. The Morgan fingerprint density at radius 2 is 2.15 bits per heavy atom. The average molecular weight is 395 g/mol. The number of amides is 1. The lowest BCUT2D eigenvalue weighted by atomic mass is 10.1. The zero-order valence-corrected chi connectivity index (χ0v) is 16.2. The van der Waals surface area contributed by atoms with Crippen LogP contribution in [0.5, 0.6) is 0 Å². The highest BCUT2D eigenvalue weighted by molar-refractivity contribution is 7.91. The molecule has 1 aliphatic rings. The van der Waals surface area contributed by atoms with Crippen molar-refractivity contribution in [3.63, 3.8) is 0 Å². The molecule has 8 heteroatoms. The number of aryl methyl sites for hydroxylation is 1. The average Bonchev–Trinajstić information content (AvgIpc) is 3.30. The van der Waals surface area contributed by atoms with Gasteiger partial charge in [0.25, 0.3) is 5.91 Å². The highest BCUT2D eigenvalue weighted by Crippen LogP contribution is 2.20. The van der Waals surface area contributed by atoms with Crippen molar-refractivity contribution in [3.8, 4) is 0 Å². The van der Waals surface area contributed by atoms with E-state index in [2.05, 4.69) is 10.0 Å². The number of carbonyl (C=O) groups is 1. The van der Waals surface area contributed by atoms with E-state index in [0.717, 1.165) is 29.9 Å². The maximum absolute atomic E-state index is 12.3. The van der Waals surface area contributed by atoms with Gasteiger partial charge in [0, 0.05) is 30.1 Å². The van der Waals surface area contributed by atoms with Crippen molar-refractivity contribution in [2.45, 2.75) is 36.6 Å². The van der Waals surface area contributed by atoms with E-state index in [1.165, 1.54) is 11.3 Å². The van der Waals surface area contributed by atoms with Gasteiger partial charge in [0.15, 0.2) is 0 Å². The largest absolute Gasteiger partial charge is 0.376 e. The van der Waals surface area contributed by atoms with Crippen molar-refractivity contribution < 1.29 is 17.9 Å². The summed E-state index contributed by atoms with van der Waals surface area (Å²) >= 11 is 1.23. The van der Waals surface area contributed by atoms with Gasteiger partial charge in [0.1, 0.15) is 4.21 Å². The number of carbonyl (C=O) groups excluding carboxylic acids is 1. The van der Waals surface area contributed by atoms with Crippen LogP contribution in [0.15, 0.2) is 40.6 Å². The van der Waals surface area contributed by atoms with Crippen LogP contribution in [0.25, 0.3) is 0 Å². The second-order valence-electron chi connectivity index (χ2n) is 6.24. The van der Waals surface area contributed by atoms with Gasteiger partial charge >= 0.3 is 0 Å². The van der Waals surface area contributed by atoms with Crippen molar-refractivity contribution in [1.82, 2.24) is 10.0 Å². The summed E-state index contributed by atoms with van der Waals surface area (Å²) in [6, 6.07) is 10.3. The van der Waals surface area contributed by atoms with Crippen LogP contribution in [0.1, 0.15) is 33.6 Å². The molecule has 1 fully saturated rings. The molecule has 2 aromatic rings. The zero-order valence-electron chi connectivity index (χ0n) is 14.5. The van der Waals surface area contributed by atoms with Crippen LogP contribution in [0.4, 0.5) is 0 Å². The Kier molecular flexibility index (Phi) is 6.08. The number of sulfonamides is 1. The molecule has 1 saturated heterocycles. The van der Waals surface area contributed by atoms with Crippen LogP contribution in [0.2, 0.25) is 0 Å². The molecular formula is C18H22N2O4S2. The lowest BCUT2D eigenvalue weighted by Gasteiger charge is -2.11. The molecule has 0 saturated carbocycles. The molecule has 0 spiro atoms. The molecule has 1 unspecified atom stereocenters. The normalized spacial score (nSPS) is 17.3. The van der Waals surface area contributed by atoms with Gasteiger partial charge in [-0.2, -0.15) is 0 Å². The Morgan fingerprint density at radius 3 is 2.85 bits per heavy atom. The Hall–Kier alpha value is -1.74. The van der Waals surface area contributed by atoms with E-state index in [-0.39, 0.29) is 18.6 Å². The van der Waals surface area contributed by atoms with Gasteiger partial charge in [-0.15, -0.1) is 11.3 Å². The number of benzene rings is 1. The third-order valence-electron chi connectivity index (χ3n) is 4.15. The van der Waals surface area contributed by atoms with E-state index in [1.807, 2.05) is 6.92 Å². The molecule has 2 N–H and O–H groups in total. The van der Waals surface area contributed by atoms with Crippen molar-refractivity contribution in [2.75, 3.05) is 13.2 Å². The van der Waals surface area contributed by atoms with E-state index in [1.54, 1.807) is 36.4 Å². The Morgan fingerprint density at radius 1 is 1.31 bits per heavy atom. The molecule has 1 aromatic carbocycles. The van der Waals surface area contributed by atoms with Crippen molar-refractivity contribution in [2.24, 2.45) is 0 Å². The minimum Gasteiger partial charge on any atom is -0.376 e. The maximum atomic E-state index is 12.3. The smallest absolute Gasteiger partial charge is 0.251 e. The Labute approximate surface area is 157 Å². The van der Waals surface area contributed by atoms with E-state index in [0.29, 0.717) is 16.3 Å². The number of hydrogen-bond acceptors (Lipinski definition) is 5. The van der Waals surface area contributed by atoms with Crippen LogP contribution in [0.3, 0.4) is 0 Å². The van der Waals surface area contributed by atoms with Gasteiger partial charge < -0.3 is 10.1 Å². The molecule has 1 atom stereocenters. The minimum absolute atomic E-state index is 0.0863. The van der Waals surface area contributed by atoms with Crippen molar-refractivity contribution >= 4 is 27.3 Å². The van der Waals surface area contributed by atoms with E-state index >= 15 is 0 Å². The van der Waals surface area contributed by atoms with Gasteiger partial charge in [-0.25, -0.2) is 13.1 Å². The van der Waals surface area contributed by atoms with E-state index in [4.69, 9.17) is 4.74 Å². The minimum atomic E-state index is -3.54. The number of ether oxygens (including phenoxy) is 1. The van der Waals surface area contributed by atoms with Crippen LogP contribution in [-0.2, 0) is 21.3 Å². The summed E-state index contributed by atoms with van der Waals surface area (Å²) in [6.07, 6.45) is 2.08. The van der Waals surface area contributed by atoms with Crippen LogP contribution in [-0.4, -0.2) is 33.6 Å². The third kappa shape index (κ3) is 4.91. The number of hydrogen-bond donors (Lipinski definition) is 2. The SMILES string of the molecule is Cc1ccc(S(=O)(=O)NCc2cccc(C(=O)NCC3CCCO3)c2)s1. The molecule has 140 valence electrons.